The fourth-order valence-electron chi connectivity index (χ4n) is 5.07. The van der Waals surface area contributed by atoms with Crippen LogP contribution >= 0.6 is 0 Å². The van der Waals surface area contributed by atoms with Gasteiger partial charge in [0.1, 0.15) is 11.4 Å². The number of amides is 4. The van der Waals surface area contributed by atoms with Crippen LogP contribution in [0.4, 0.5) is 9.18 Å². The first-order chi connectivity index (χ1) is 14.9. The van der Waals surface area contributed by atoms with Crippen LogP contribution < -0.4 is 5.32 Å². The molecule has 1 atom stereocenters. The molecule has 3 saturated heterocycles. The molecule has 0 unspecified atom stereocenters. The Morgan fingerprint density at radius 3 is 2.55 bits per heavy atom. The maximum atomic E-state index is 13.3. The molecule has 1 spiro atoms. The summed E-state index contributed by atoms with van der Waals surface area (Å²) in [4.78, 5) is 44.4. The Morgan fingerprint density at radius 2 is 1.87 bits per heavy atom. The molecular formula is C23H31FN4O3. The van der Waals surface area contributed by atoms with Crippen molar-refractivity contribution >= 4 is 17.8 Å². The first-order valence-electron chi connectivity index (χ1n) is 11.3. The summed E-state index contributed by atoms with van der Waals surface area (Å²) in [6, 6.07) is 5.29. The molecule has 0 aromatic heterocycles. The quantitative estimate of drug-likeness (QED) is 0.727. The summed E-state index contributed by atoms with van der Waals surface area (Å²) >= 11 is 0. The molecule has 168 valence electrons. The number of carbonyl (C=O) groups is 3. The zero-order chi connectivity index (χ0) is 22.0. The number of nitrogens with zero attached hydrogens (tertiary/aromatic N) is 3. The molecule has 3 heterocycles. The summed E-state index contributed by atoms with van der Waals surface area (Å²) in [5.74, 6) is -0.528. The number of halogens is 1. The zero-order valence-electron chi connectivity index (χ0n) is 18.1. The molecular weight excluding hydrogens is 399 g/mol. The van der Waals surface area contributed by atoms with Crippen molar-refractivity contribution in [2.75, 3.05) is 32.7 Å². The number of imide groups is 1. The number of carbonyl (C=O) groups excluding carboxylic acids is 3. The zero-order valence-corrected chi connectivity index (χ0v) is 18.1. The summed E-state index contributed by atoms with van der Waals surface area (Å²) in [6.45, 7) is 5.73. The fraction of sp³-hybridized carbons (Fsp3) is 0.609. The van der Waals surface area contributed by atoms with Gasteiger partial charge in [-0.3, -0.25) is 14.5 Å². The topological polar surface area (TPSA) is 73.0 Å². The molecule has 1 aromatic carbocycles. The highest BCUT2D eigenvalue weighted by Gasteiger charge is 2.54. The predicted octanol–water partition coefficient (Wildman–Crippen LogP) is 2.16. The molecule has 4 rings (SSSR count). The molecule has 1 aromatic rings. The van der Waals surface area contributed by atoms with Crippen molar-refractivity contribution in [2.45, 2.75) is 57.0 Å². The van der Waals surface area contributed by atoms with Crippen LogP contribution in [0.2, 0.25) is 0 Å². The van der Waals surface area contributed by atoms with Crippen LogP contribution in [-0.4, -0.2) is 76.8 Å². The third kappa shape index (κ3) is 4.44. The first kappa shape index (κ1) is 21.7. The van der Waals surface area contributed by atoms with E-state index in [2.05, 4.69) is 17.1 Å². The summed E-state index contributed by atoms with van der Waals surface area (Å²) < 4.78 is 13.1. The Balaban J connectivity index is 1.40. The van der Waals surface area contributed by atoms with Gasteiger partial charge < -0.3 is 15.1 Å². The van der Waals surface area contributed by atoms with Gasteiger partial charge in [0.05, 0.1) is 12.5 Å². The number of benzene rings is 1. The van der Waals surface area contributed by atoms with E-state index in [1.165, 1.54) is 17.0 Å². The van der Waals surface area contributed by atoms with Gasteiger partial charge in [0, 0.05) is 26.2 Å². The lowest BCUT2D eigenvalue weighted by Gasteiger charge is -2.39. The summed E-state index contributed by atoms with van der Waals surface area (Å²) in [6.07, 6.45) is 3.97. The number of likely N-dealkylation sites (tertiary alicyclic amines) is 2. The molecule has 4 amide bonds. The van der Waals surface area contributed by atoms with E-state index in [-0.39, 0.29) is 36.1 Å². The SMILES string of the molecule is CCCN1CCC2(CC1)NC(=O)N([C@H]1CCCN(C(=O)Cc3ccc(F)cc3)C1)C2=O. The van der Waals surface area contributed by atoms with Gasteiger partial charge in [-0.15, -0.1) is 0 Å². The van der Waals surface area contributed by atoms with Crippen molar-refractivity contribution < 1.29 is 18.8 Å². The molecule has 0 radical (unpaired) electrons. The highest BCUT2D eigenvalue weighted by molar-refractivity contribution is 6.07. The van der Waals surface area contributed by atoms with Crippen molar-refractivity contribution in [1.29, 1.82) is 0 Å². The van der Waals surface area contributed by atoms with Crippen molar-refractivity contribution in [1.82, 2.24) is 20.0 Å². The lowest BCUT2D eigenvalue weighted by Crippen LogP contribution is -2.56. The number of rotatable bonds is 5. The molecule has 0 saturated carbocycles. The second kappa shape index (κ2) is 8.94. The van der Waals surface area contributed by atoms with Gasteiger partial charge in [-0.1, -0.05) is 19.1 Å². The van der Waals surface area contributed by atoms with Crippen LogP contribution in [0.25, 0.3) is 0 Å². The minimum Gasteiger partial charge on any atom is -0.340 e. The van der Waals surface area contributed by atoms with Crippen LogP contribution in [0.3, 0.4) is 0 Å². The van der Waals surface area contributed by atoms with E-state index in [1.807, 2.05) is 0 Å². The van der Waals surface area contributed by atoms with E-state index in [9.17, 15) is 18.8 Å². The maximum absolute atomic E-state index is 13.3. The van der Waals surface area contributed by atoms with Crippen molar-refractivity contribution in [3.63, 3.8) is 0 Å². The van der Waals surface area contributed by atoms with Crippen LogP contribution in [0.5, 0.6) is 0 Å². The Hall–Kier alpha value is -2.48. The highest BCUT2D eigenvalue weighted by Crippen LogP contribution is 2.32. The van der Waals surface area contributed by atoms with Gasteiger partial charge in [-0.2, -0.15) is 0 Å². The lowest BCUT2D eigenvalue weighted by molar-refractivity contribution is -0.138. The fourth-order valence-corrected chi connectivity index (χ4v) is 5.07. The molecule has 31 heavy (non-hydrogen) atoms. The summed E-state index contributed by atoms with van der Waals surface area (Å²) in [5.41, 5.74) is -0.0387. The average molecular weight is 431 g/mol. The Bertz CT molecular complexity index is 836. The lowest BCUT2D eigenvalue weighted by atomic mass is 9.87. The van der Waals surface area contributed by atoms with Gasteiger partial charge in [0.15, 0.2) is 0 Å². The third-order valence-corrected chi connectivity index (χ3v) is 6.83. The van der Waals surface area contributed by atoms with Crippen molar-refractivity contribution in [3.8, 4) is 0 Å². The molecule has 0 bridgehead atoms. The molecule has 3 aliphatic heterocycles. The van der Waals surface area contributed by atoms with Gasteiger partial charge in [0.25, 0.3) is 5.91 Å². The Morgan fingerprint density at radius 1 is 1.16 bits per heavy atom. The van der Waals surface area contributed by atoms with E-state index in [0.29, 0.717) is 32.4 Å². The number of nitrogens with one attached hydrogen (secondary N) is 1. The molecule has 1 N–H and O–H groups in total. The van der Waals surface area contributed by atoms with Crippen LogP contribution in [0.15, 0.2) is 24.3 Å². The largest absolute Gasteiger partial charge is 0.340 e. The Kier molecular flexibility index (Phi) is 6.27. The van der Waals surface area contributed by atoms with E-state index in [4.69, 9.17) is 0 Å². The highest BCUT2D eigenvalue weighted by atomic mass is 19.1. The van der Waals surface area contributed by atoms with Crippen LogP contribution in [0, 0.1) is 5.82 Å². The van der Waals surface area contributed by atoms with E-state index < -0.39 is 5.54 Å². The minimum atomic E-state index is -0.790. The summed E-state index contributed by atoms with van der Waals surface area (Å²) in [5, 5.41) is 2.99. The normalized spacial score (nSPS) is 24.0. The average Bonchev–Trinajstić information content (AvgIpc) is 3.01. The second-order valence-electron chi connectivity index (χ2n) is 8.97. The van der Waals surface area contributed by atoms with Gasteiger partial charge >= 0.3 is 6.03 Å². The van der Waals surface area contributed by atoms with Crippen LogP contribution in [-0.2, 0) is 16.0 Å². The third-order valence-electron chi connectivity index (χ3n) is 6.83. The maximum Gasteiger partial charge on any atom is 0.325 e. The number of hydrogen-bond acceptors (Lipinski definition) is 4. The van der Waals surface area contributed by atoms with Crippen molar-refractivity contribution in [2.24, 2.45) is 0 Å². The van der Waals surface area contributed by atoms with E-state index >= 15 is 0 Å². The summed E-state index contributed by atoms with van der Waals surface area (Å²) in [7, 11) is 0. The molecule has 3 fully saturated rings. The predicted molar refractivity (Wildman–Crippen MR) is 114 cm³/mol. The van der Waals surface area contributed by atoms with E-state index in [0.717, 1.165) is 38.0 Å². The minimum absolute atomic E-state index is 0.0639. The van der Waals surface area contributed by atoms with E-state index in [1.54, 1.807) is 17.0 Å². The first-order valence-corrected chi connectivity index (χ1v) is 11.3. The number of hydrogen-bond donors (Lipinski definition) is 1. The van der Waals surface area contributed by atoms with Gasteiger partial charge in [-0.05, 0) is 56.3 Å². The second-order valence-corrected chi connectivity index (χ2v) is 8.97. The molecule has 3 aliphatic rings. The molecule has 7 nitrogen and oxygen atoms in total. The Labute approximate surface area is 182 Å². The number of urea groups is 1. The molecule has 0 aliphatic carbocycles. The van der Waals surface area contributed by atoms with Gasteiger partial charge in [-0.25, -0.2) is 9.18 Å². The van der Waals surface area contributed by atoms with Gasteiger partial charge in [0.2, 0.25) is 5.91 Å². The standard InChI is InChI=1S/C23H31FN4O3/c1-2-11-26-13-9-23(10-14-26)21(30)28(22(31)25-23)19-4-3-12-27(16-19)20(29)15-17-5-7-18(24)8-6-17/h5-8,19H,2-4,9-16H2,1H3,(H,25,31)/t19-/m0/s1. The number of piperidine rings is 2. The van der Waals surface area contributed by atoms with Crippen LogP contribution in [0.1, 0.15) is 44.6 Å². The smallest absolute Gasteiger partial charge is 0.325 e. The monoisotopic (exact) mass is 430 g/mol. The van der Waals surface area contributed by atoms with Crippen molar-refractivity contribution in [3.05, 3.63) is 35.6 Å². The molecule has 8 heteroatoms.